The molecule has 41 heavy (non-hydrogen) atoms. The Morgan fingerprint density at radius 3 is 2.61 bits per heavy atom. The van der Waals surface area contributed by atoms with E-state index in [1.807, 2.05) is 23.6 Å². The van der Waals surface area contributed by atoms with Gasteiger partial charge in [0, 0.05) is 30.0 Å². The number of benzene rings is 1. The zero-order chi connectivity index (χ0) is 28.9. The number of carbonyl (C=O) groups is 2. The standard InChI is InChI=1S/C30H33FN6O4/c1-16-20(13-33-27-26(16)34-15-37(27)25-7-5-6-8-40-25)17-9-18-11-24(36-28(38)19-12-22(19)31)32-14-21(18)23(10-17)35-29(39)41-30(2,3)4/h9-11,13-15,19,22,25H,5-8,12H2,1-4H3,(H,35,39)(H,32,36,38)/t19-,22+,25?/m1/s1. The number of fused-ring (bicyclic) bond motifs is 2. The van der Waals surface area contributed by atoms with Crippen molar-refractivity contribution in [2.24, 2.45) is 5.92 Å². The monoisotopic (exact) mass is 560 g/mol. The highest BCUT2D eigenvalue weighted by molar-refractivity contribution is 6.04. The van der Waals surface area contributed by atoms with Gasteiger partial charge in [-0.3, -0.25) is 14.7 Å². The number of amides is 2. The first-order valence-electron chi connectivity index (χ1n) is 13.9. The molecule has 3 atom stereocenters. The van der Waals surface area contributed by atoms with Gasteiger partial charge in [0.2, 0.25) is 5.91 Å². The van der Waals surface area contributed by atoms with Gasteiger partial charge in [0.1, 0.15) is 29.3 Å². The second kappa shape index (κ2) is 10.4. The molecule has 11 heteroatoms. The van der Waals surface area contributed by atoms with Crippen LogP contribution in [0.1, 0.15) is 58.2 Å². The molecule has 6 rings (SSSR count). The van der Waals surface area contributed by atoms with Crippen molar-refractivity contribution in [3.05, 3.63) is 42.5 Å². The number of aryl methyl sites for hydroxylation is 1. The molecule has 214 valence electrons. The zero-order valence-electron chi connectivity index (χ0n) is 23.5. The van der Waals surface area contributed by atoms with Crippen molar-refractivity contribution in [1.82, 2.24) is 19.5 Å². The molecule has 1 saturated heterocycles. The normalized spacial score (nSPS) is 20.7. The molecule has 0 bridgehead atoms. The molecule has 1 unspecified atom stereocenters. The molecule has 1 aliphatic carbocycles. The number of nitrogens with zero attached hydrogens (tertiary/aromatic N) is 4. The molecule has 0 radical (unpaired) electrons. The maximum Gasteiger partial charge on any atom is 0.412 e. The molecule has 10 nitrogen and oxygen atoms in total. The Hall–Kier alpha value is -4.12. The molecular formula is C30H33FN6O4. The van der Waals surface area contributed by atoms with Crippen molar-refractivity contribution in [3.63, 3.8) is 0 Å². The van der Waals surface area contributed by atoms with Gasteiger partial charge in [-0.2, -0.15) is 0 Å². The highest BCUT2D eigenvalue weighted by Crippen LogP contribution is 2.37. The molecule has 3 aromatic heterocycles. The lowest BCUT2D eigenvalue weighted by Gasteiger charge is -2.23. The number of ether oxygens (including phenoxy) is 2. The van der Waals surface area contributed by atoms with Gasteiger partial charge < -0.3 is 14.8 Å². The van der Waals surface area contributed by atoms with E-state index in [9.17, 15) is 14.0 Å². The fourth-order valence-electron chi connectivity index (χ4n) is 5.19. The number of carbonyl (C=O) groups excluding carboxylic acids is 2. The molecular weight excluding hydrogens is 527 g/mol. The number of hydrogen-bond donors (Lipinski definition) is 2. The summed E-state index contributed by atoms with van der Waals surface area (Å²) in [5.41, 5.74) is 3.88. The van der Waals surface area contributed by atoms with E-state index in [4.69, 9.17) is 14.5 Å². The molecule has 2 aliphatic rings. The molecule has 0 spiro atoms. The van der Waals surface area contributed by atoms with Gasteiger partial charge in [-0.15, -0.1) is 0 Å². The van der Waals surface area contributed by atoms with Crippen molar-refractivity contribution in [2.45, 2.75) is 71.4 Å². The summed E-state index contributed by atoms with van der Waals surface area (Å²) in [5.74, 6) is -0.725. The Bertz CT molecular complexity index is 1660. The largest absolute Gasteiger partial charge is 0.444 e. The smallest absolute Gasteiger partial charge is 0.412 e. The van der Waals surface area contributed by atoms with E-state index in [0.717, 1.165) is 53.7 Å². The number of nitrogens with one attached hydrogen (secondary N) is 2. The SMILES string of the molecule is Cc1c(-c2cc(NC(=O)OC(C)(C)C)c3cnc(NC(=O)[C@@H]4C[C@@H]4F)cc3c2)cnc2c1ncn2C1CCCCO1. The number of pyridine rings is 2. The fourth-order valence-corrected chi connectivity index (χ4v) is 5.19. The number of aromatic nitrogens is 4. The number of imidazole rings is 1. The van der Waals surface area contributed by atoms with Crippen LogP contribution in [-0.4, -0.2) is 49.9 Å². The van der Waals surface area contributed by atoms with E-state index >= 15 is 0 Å². The minimum Gasteiger partial charge on any atom is -0.444 e. The first kappa shape index (κ1) is 27.1. The predicted molar refractivity (Wildman–Crippen MR) is 153 cm³/mol. The number of halogens is 1. The third-order valence-corrected chi connectivity index (χ3v) is 7.39. The van der Waals surface area contributed by atoms with Gasteiger partial charge in [-0.1, -0.05) is 0 Å². The molecule has 4 aromatic rings. The van der Waals surface area contributed by atoms with Crippen LogP contribution in [0.25, 0.3) is 33.1 Å². The van der Waals surface area contributed by atoms with Gasteiger partial charge in [-0.05, 0) is 88.1 Å². The van der Waals surface area contributed by atoms with Crippen LogP contribution in [-0.2, 0) is 14.3 Å². The van der Waals surface area contributed by atoms with E-state index in [0.29, 0.717) is 22.3 Å². The average Bonchev–Trinajstić information content (AvgIpc) is 3.49. The van der Waals surface area contributed by atoms with Crippen molar-refractivity contribution in [2.75, 3.05) is 17.2 Å². The van der Waals surface area contributed by atoms with E-state index in [2.05, 4.69) is 20.6 Å². The molecule has 4 heterocycles. The van der Waals surface area contributed by atoms with Crippen LogP contribution in [0.15, 0.2) is 36.9 Å². The van der Waals surface area contributed by atoms with Gasteiger partial charge in [0.15, 0.2) is 5.65 Å². The molecule has 1 saturated carbocycles. The summed E-state index contributed by atoms with van der Waals surface area (Å²) >= 11 is 0. The van der Waals surface area contributed by atoms with Crippen LogP contribution in [0.4, 0.5) is 20.7 Å². The predicted octanol–water partition coefficient (Wildman–Crippen LogP) is 6.30. The number of alkyl halides is 1. The number of hydrogen-bond acceptors (Lipinski definition) is 7. The van der Waals surface area contributed by atoms with Crippen molar-refractivity contribution >= 4 is 45.4 Å². The second-order valence-corrected chi connectivity index (χ2v) is 11.7. The highest BCUT2D eigenvalue weighted by atomic mass is 19.1. The van der Waals surface area contributed by atoms with Crippen molar-refractivity contribution in [1.29, 1.82) is 0 Å². The molecule has 1 aliphatic heterocycles. The van der Waals surface area contributed by atoms with Crippen LogP contribution >= 0.6 is 0 Å². The van der Waals surface area contributed by atoms with E-state index in [-0.39, 0.29) is 12.6 Å². The lowest BCUT2D eigenvalue weighted by atomic mass is 9.98. The number of rotatable bonds is 5. The topological polar surface area (TPSA) is 120 Å². The van der Waals surface area contributed by atoms with E-state index in [1.165, 1.54) is 0 Å². The summed E-state index contributed by atoms with van der Waals surface area (Å²) in [7, 11) is 0. The summed E-state index contributed by atoms with van der Waals surface area (Å²) in [6.45, 7) is 8.09. The summed E-state index contributed by atoms with van der Waals surface area (Å²) in [6.07, 6.45) is 6.65. The van der Waals surface area contributed by atoms with Gasteiger partial charge in [0.25, 0.3) is 0 Å². The third kappa shape index (κ3) is 5.58. The van der Waals surface area contributed by atoms with E-state index in [1.54, 1.807) is 45.6 Å². The van der Waals surface area contributed by atoms with Gasteiger partial charge in [-0.25, -0.2) is 24.1 Å². The summed E-state index contributed by atoms with van der Waals surface area (Å²) in [6, 6.07) is 5.50. The second-order valence-electron chi connectivity index (χ2n) is 11.7. The van der Waals surface area contributed by atoms with Crippen LogP contribution < -0.4 is 10.6 Å². The third-order valence-electron chi connectivity index (χ3n) is 7.39. The lowest BCUT2D eigenvalue weighted by Crippen LogP contribution is -2.27. The highest BCUT2D eigenvalue weighted by Gasteiger charge is 2.43. The Balaban J connectivity index is 1.41. The molecule has 1 aromatic carbocycles. The average molecular weight is 561 g/mol. The summed E-state index contributed by atoms with van der Waals surface area (Å²) in [4.78, 5) is 38.9. The number of anilines is 2. The first-order chi connectivity index (χ1) is 19.6. The quantitative estimate of drug-likeness (QED) is 0.294. The maximum absolute atomic E-state index is 13.4. The fraction of sp³-hybridized carbons (Fsp3) is 0.433. The van der Waals surface area contributed by atoms with Crippen LogP contribution in [0.5, 0.6) is 0 Å². The van der Waals surface area contributed by atoms with Crippen LogP contribution in [0.2, 0.25) is 0 Å². The van der Waals surface area contributed by atoms with Gasteiger partial charge in [0.05, 0.1) is 17.9 Å². The van der Waals surface area contributed by atoms with Gasteiger partial charge >= 0.3 is 6.09 Å². The minimum absolute atomic E-state index is 0.0822. The summed E-state index contributed by atoms with van der Waals surface area (Å²) < 4.78 is 26.9. The van der Waals surface area contributed by atoms with Crippen LogP contribution in [0.3, 0.4) is 0 Å². The molecule has 2 amide bonds. The summed E-state index contributed by atoms with van der Waals surface area (Å²) in [5, 5.41) is 6.93. The van der Waals surface area contributed by atoms with Crippen molar-refractivity contribution in [3.8, 4) is 11.1 Å². The molecule has 2 fully saturated rings. The van der Waals surface area contributed by atoms with Crippen molar-refractivity contribution < 1.29 is 23.5 Å². The first-order valence-corrected chi connectivity index (χ1v) is 13.9. The Labute approximate surface area is 236 Å². The van der Waals surface area contributed by atoms with E-state index < -0.39 is 29.7 Å². The Morgan fingerprint density at radius 1 is 1.10 bits per heavy atom. The maximum atomic E-state index is 13.4. The lowest BCUT2D eigenvalue weighted by molar-refractivity contribution is -0.117. The Kier molecular flexibility index (Phi) is 6.85. The zero-order valence-corrected chi connectivity index (χ0v) is 23.5. The Morgan fingerprint density at radius 2 is 1.90 bits per heavy atom. The minimum atomic E-state index is -1.11. The van der Waals surface area contributed by atoms with Crippen LogP contribution in [0, 0.1) is 12.8 Å². The molecule has 2 N–H and O–H groups in total.